The number of nitrogens with zero attached hydrogens (tertiary/aromatic N) is 2. The molecule has 1 aliphatic rings. The molecule has 1 unspecified atom stereocenters. The molecular weight excluding hydrogens is 264 g/mol. The highest BCUT2D eigenvalue weighted by atomic mass is 16.5. The van der Waals surface area contributed by atoms with E-state index >= 15 is 0 Å². The van der Waals surface area contributed by atoms with Crippen LogP contribution in [0.3, 0.4) is 0 Å². The van der Waals surface area contributed by atoms with Crippen LogP contribution in [0.5, 0.6) is 5.75 Å². The quantitative estimate of drug-likeness (QED) is 0.868. The number of aromatic nitrogens is 1. The van der Waals surface area contributed by atoms with E-state index in [-0.39, 0.29) is 6.10 Å². The SMILES string of the molecule is COc1cccc(C2CN(c3cccc(C)n3)CCO2)c1. The van der Waals surface area contributed by atoms with Gasteiger partial charge >= 0.3 is 0 Å². The maximum atomic E-state index is 5.92. The minimum atomic E-state index is 0.0520. The predicted octanol–water partition coefficient (Wildman–Crippen LogP) is 2.98. The molecule has 4 heteroatoms. The second-order valence-corrected chi connectivity index (χ2v) is 5.22. The van der Waals surface area contributed by atoms with E-state index in [0.29, 0.717) is 6.61 Å². The number of anilines is 1. The number of hydrogen-bond donors (Lipinski definition) is 0. The van der Waals surface area contributed by atoms with Gasteiger partial charge in [-0.15, -0.1) is 0 Å². The zero-order valence-corrected chi connectivity index (χ0v) is 12.5. The highest BCUT2D eigenvalue weighted by Crippen LogP contribution is 2.27. The minimum Gasteiger partial charge on any atom is -0.497 e. The summed E-state index contributed by atoms with van der Waals surface area (Å²) in [4.78, 5) is 6.88. The summed E-state index contributed by atoms with van der Waals surface area (Å²) in [5.41, 5.74) is 2.18. The smallest absolute Gasteiger partial charge is 0.128 e. The molecule has 1 aliphatic heterocycles. The minimum absolute atomic E-state index is 0.0520. The predicted molar refractivity (Wildman–Crippen MR) is 82.9 cm³/mol. The Morgan fingerprint density at radius 3 is 2.90 bits per heavy atom. The van der Waals surface area contributed by atoms with Crippen LogP contribution in [0.1, 0.15) is 17.4 Å². The molecule has 0 N–H and O–H groups in total. The van der Waals surface area contributed by atoms with Crippen molar-refractivity contribution in [3.05, 3.63) is 53.7 Å². The normalized spacial score (nSPS) is 18.6. The molecule has 2 heterocycles. The number of morpholine rings is 1. The van der Waals surface area contributed by atoms with E-state index in [2.05, 4.69) is 22.0 Å². The Morgan fingerprint density at radius 2 is 2.10 bits per heavy atom. The first-order valence-electron chi connectivity index (χ1n) is 7.20. The summed E-state index contributed by atoms with van der Waals surface area (Å²) < 4.78 is 11.2. The number of benzene rings is 1. The molecule has 1 atom stereocenters. The van der Waals surface area contributed by atoms with Crippen LogP contribution in [0.25, 0.3) is 0 Å². The molecule has 0 amide bonds. The maximum absolute atomic E-state index is 5.92. The molecule has 1 fully saturated rings. The lowest BCUT2D eigenvalue weighted by atomic mass is 10.1. The van der Waals surface area contributed by atoms with Gasteiger partial charge in [0.05, 0.1) is 13.7 Å². The molecule has 21 heavy (non-hydrogen) atoms. The standard InChI is InChI=1S/C17H20N2O2/c1-13-5-3-8-17(18-13)19-9-10-21-16(12-19)14-6-4-7-15(11-14)20-2/h3-8,11,16H,9-10,12H2,1-2H3. The van der Waals surface area contributed by atoms with Crippen LogP contribution in [0, 0.1) is 6.92 Å². The molecule has 1 saturated heterocycles. The lowest BCUT2D eigenvalue weighted by Crippen LogP contribution is -2.38. The van der Waals surface area contributed by atoms with Crippen molar-refractivity contribution in [3.63, 3.8) is 0 Å². The molecule has 1 aromatic heterocycles. The number of hydrogen-bond acceptors (Lipinski definition) is 4. The summed E-state index contributed by atoms with van der Waals surface area (Å²) >= 11 is 0. The third kappa shape index (κ3) is 3.16. The Labute approximate surface area is 125 Å². The summed E-state index contributed by atoms with van der Waals surface area (Å²) in [7, 11) is 1.68. The highest BCUT2D eigenvalue weighted by Gasteiger charge is 2.23. The summed E-state index contributed by atoms with van der Waals surface area (Å²) in [5, 5.41) is 0. The van der Waals surface area contributed by atoms with Gasteiger partial charge in [0.2, 0.25) is 0 Å². The van der Waals surface area contributed by atoms with E-state index in [0.717, 1.165) is 35.9 Å². The molecule has 2 aromatic rings. The summed E-state index contributed by atoms with van der Waals surface area (Å²) in [5.74, 6) is 1.88. The number of ether oxygens (including phenoxy) is 2. The summed E-state index contributed by atoms with van der Waals surface area (Å²) in [6.07, 6.45) is 0.0520. The molecule has 0 spiro atoms. The van der Waals surface area contributed by atoms with Crippen LogP contribution >= 0.6 is 0 Å². The summed E-state index contributed by atoms with van der Waals surface area (Å²) in [6.45, 7) is 4.40. The zero-order valence-electron chi connectivity index (χ0n) is 12.5. The van der Waals surface area contributed by atoms with Gasteiger partial charge in [0, 0.05) is 18.8 Å². The fraction of sp³-hybridized carbons (Fsp3) is 0.353. The monoisotopic (exact) mass is 284 g/mol. The Morgan fingerprint density at radius 1 is 1.24 bits per heavy atom. The maximum Gasteiger partial charge on any atom is 0.128 e. The molecule has 3 rings (SSSR count). The van der Waals surface area contributed by atoms with Crippen LogP contribution < -0.4 is 9.64 Å². The second kappa shape index (κ2) is 6.14. The first-order chi connectivity index (χ1) is 10.3. The Bertz CT molecular complexity index is 615. The van der Waals surface area contributed by atoms with Crippen LogP contribution in [-0.2, 0) is 4.74 Å². The van der Waals surface area contributed by atoms with Crippen LogP contribution in [0.15, 0.2) is 42.5 Å². The molecular formula is C17H20N2O2. The molecule has 0 bridgehead atoms. The van der Waals surface area contributed by atoms with Gasteiger partial charge in [-0.25, -0.2) is 4.98 Å². The van der Waals surface area contributed by atoms with Crippen LogP contribution in [0.2, 0.25) is 0 Å². The van der Waals surface area contributed by atoms with Crippen LogP contribution in [-0.4, -0.2) is 31.8 Å². The van der Waals surface area contributed by atoms with Crippen molar-refractivity contribution in [2.24, 2.45) is 0 Å². The van der Waals surface area contributed by atoms with Gasteiger partial charge in [0.25, 0.3) is 0 Å². The van der Waals surface area contributed by atoms with Crippen molar-refractivity contribution < 1.29 is 9.47 Å². The zero-order chi connectivity index (χ0) is 14.7. The van der Waals surface area contributed by atoms with Gasteiger partial charge in [-0.2, -0.15) is 0 Å². The van der Waals surface area contributed by atoms with Gasteiger partial charge in [-0.3, -0.25) is 0 Å². The highest BCUT2D eigenvalue weighted by molar-refractivity contribution is 5.41. The van der Waals surface area contributed by atoms with Gasteiger partial charge in [0.15, 0.2) is 0 Å². The Kier molecular flexibility index (Phi) is 4.06. The van der Waals surface area contributed by atoms with E-state index in [4.69, 9.17) is 9.47 Å². The lowest BCUT2D eigenvalue weighted by Gasteiger charge is -2.34. The van der Waals surface area contributed by atoms with Gasteiger partial charge in [-0.05, 0) is 36.8 Å². The first-order valence-corrected chi connectivity index (χ1v) is 7.20. The average Bonchev–Trinajstić information content (AvgIpc) is 2.55. The largest absolute Gasteiger partial charge is 0.497 e. The van der Waals surface area contributed by atoms with E-state index in [1.807, 2.05) is 37.3 Å². The topological polar surface area (TPSA) is 34.6 Å². The third-order valence-electron chi connectivity index (χ3n) is 3.73. The van der Waals surface area contributed by atoms with Crippen molar-refractivity contribution in [1.29, 1.82) is 0 Å². The van der Waals surface area contributed by atoms with Gasteiger partial charge in [-0.1, -0.05) is 18.2 Å². The first kappa shape index (κ1) is 13.9. The van der Waals surface area contributed by atoms with E-state index in [9.17, 15) is 0 Å². The average molecular weight is 284 g/mol. The molecule has 4 nitrogen and oxygen atoms in total. The number of pyridine rings is 1. The van der Waals surface area contributed by atoms with E-state index in [1.165, 1.54) is 0 Å². The Hall–Kier alpha value is -2.07. The molecule has 1 aromatic carbocycles. The Balaban J connectivity index is 1.79. The van der Waals surface area contributed by atoms with E-state index < -0.39 is 0 Å². The number of rotatable bonds is 3. The van der Waals surface area contributed by atoms with Crippen molar-refractivity contribution >= 4 is 5.82 Å². The second-order valence-electron chi connectivity index (χ2n) is 5.22. The van der Waals surface area contributed by atoms with Crippen molar-refractivity contribution in [2.75, 3.05) is 31.7 Å². The van der Waals surface area contributed by atoms with Gasteiger partial charge < -0.3 is 14.4 Å². The molecule has 110 valence electrons. The number of methoxy groups -OCH3 is 1. The summed E-state index contributed by atoms with van der Waals surface area (Å²) in [6, 6.07) is 14.2. The number of aryl methyl sites for hydroxylation is 1. The molecule has 0 aliphatic carbocycles. The van der Waals surface area contributed by atoms with Crippen LogP contribution in [0.4, 0.5) is 5.82 Å². The van der Waals surface area contributed by atoms with Crippen molar-refractivity contribution in [1.82, 2.24) is 4.98 Å². The fourth-order valence-electron chi connectivity index (χ4n) is 2.61. The van der Waals surface area contributed by atoms with E-state index in [1.54, 1.807) is 7.11 Å². The lowest BCUT2D eigenvalue weighted by molar-refractivity contribution is 0.0394. The fourth-order valence-corrected chi connectivity index (χ4v) is 2.61. The molecule has 0 radical (unpaired) electrons. The third-order valence-corrected chi connectivity index (χ3v) is 3.73. The van der Waals surface area contributed by atoms with Crippen molar-refractivity contribution in [3.8, 4) is 5.75 Å². The van der Waals surface area contributed by atoms with Crippen molar-refractivity contribution in [2.45, 2.75) is 13.0 Å². The van der Waals surface area contributed by atoms with Gasteiger partial charge in [0.1, 0.15) is 17.7 Å². The molecule has 0 saturated carbocycles.